The average Bonchev–Trinajstić information content (AvgIpc) is 3.16. The number of nitro groups is 1. The van der Waals surface area contributed by atoms with Crippen molar-refractivity contribution in [1.82, 2.24) is 14.8 Å². The van der Waals surface area contributed by atoms with Crippen LogP contribution in [-0.2, 0) is 22.4 Å². The van der Waals surface area contributed by atoms with Crippen LogP contribution in [0.2, 0.25) is 0 Å². The summed E-state index contributed by atoms with van der Waals surface area (Å²) >= 11 is 0. The van der Waals surface area contributed by atoms with Gasteiger partial charge < -0.3 is 14.8 Å². The Morgan fingerprint density at radius 1 is 0.938 bits per heavy atom. The molecule has 0 spiro atoms. The number of H-pyrrole nitrogens is 1. The number of aromatic nitrogens is 1. The molecule has 1 fully saturated rings. The monoisotopic (exact) mass is 442 g/mol. The van der Waals surface area contributed by atoms with Crippen molar-refractivity contribution in [3.05, 3.63) is 75.5 Å². The predicted octanol–water partition coefficient (Wildman–Crippen LogP) is 2.81. The summed E-state index contributed by atoms with van der Waals surface area (Å²) in [6.07, 6.45) is 1.46. The van der Waals surface area contributed by atoms with E-state index in [0.717, 1.165) is 6.07 Å². The zero-order valence-electron chi connectivity index (χ0n) is 17.3. The van der Waals surface area contributed by atoms with E-state index in [-0.39, 0.29) is 30.0 Å². The molecule has 2 amide bonds. The van der Waals surface area contributed by atoms with Crippen molar-refractivity contribution in [3.8, 4) is 0 Å². The fraction of sp³-hybridized carbons (Fsp3) is 0.273. The highest BCUT2D eigenvalue weighted by molar-refractivity contribution is 5.98. The van der Waals surface area contributed by atoms with Crippen LogP contribution in [0.3, 0.4) is 0 Å². The number of amides is 2. The van der Waals surface area contributed by atoms with Gasteiger partial charge in [-0.1, -0.05) is 18.2 Å². The molecule has 3 aromatic rings. The Bertz CT molecular complexity index is 1240. The lowest BCUT2D eigenvalue weighted by Gasteiger charge is -2.42. The number of fused-ring (bicyclic) bond motifs is 1. The van der Waals surface area contributed by atoms with Gasteiger partial charge >= 0.3 is 5.69 Å². The second-order valence-electron chi connectivity index (χ2n) is 7.82. The van der Waals surface area contributed by atoms with Gasteiger partial charge in [0, 0.05) is 33.1 Å². The average molecular weight is 442 g/mol. The van der Waals surface area contributed by atoms with Crippen molar-refractivity contribution >= 4 is 28.4 Å². The number of nitro benzene ring substituents is 1. The third-order valence-corrected chi connectivity index (χ3v) is 6.02. The molecule has 1 aromatic heterocycles. The first kappa shape index (κ1) is 21.4. The highest BCUT2D eigenvalue weighted by atomic mass is 19.1. The lowest BCUT2D eigenvalue weighted by Crippen LogP contribution is -2.63. The van der Waals surface area contributed by atoms with Crippen LogP contribution < -0.4 is 0 Å². The molecule has 1 aliphatic heterocycles. The lowest BCUT2D eigenvalue weighted by atomic mass is 9.95. The zero-order chi connectivity index (χ0) is 23.2. The number of halogens is 2. The normalized spacial score (nSPS) is 19.1. The summed E-state index contributed by atoms with van der Waals surface area (Å²) in [5.41, 5.74) is 0.350. The minimum absolute atomic E-state index is 0.0224. The number of aromatic amines is 1. The van der Waals surface area contributed by atoms with E-state index < -0.39 is 34.3 Å². The van der Waals surface area contributed by atoms with Crippen molar-refractivity contribution in [1.29, 1.82) is 0 Å². The standard InChI is InChI=1S/C22H20F2N4O4/c1-26-17(9-12-5-3-4-6-14(12)23)21(29)27(2)18(22(26)30)10-13-11-25-16-8-7-15(24)20(19(13)16)28(31)32/h3-8,11,17-18,25H,9-10H2,1-2H3/t17-,18-/m0/s1. The first-order chi connectivity index (χ1) is 15.2. The fourth-order valence-corrected chi connectivity index (χ4v) is 4.23. The van der Waals surface area contributed by atoms with E-state index in [1.165, 1.54) is 42.2 Å². The van der Waals surface area contributed by atoms with Crippen molar-refractivity contribution in [2.45, 2.75) is 24.9 Å². The maximum atomic E-state index is 14.1. The van der Waals surface area contributed by atoms with E-state index in [2.05, 4.69) is 4.98 Å². The number of benzene rings is 2. The van der Waals surface area contributed by atoms with E-state index in [0.29, 0.717) is 16.6 Å². The van der Waals surface area contributed by atoms with Crippen LogP contribution in [0.25, 0.3) is 10.9 Å². The van der Waals surface area contributed by atoms with E-state index in [9.17, 15) is 28.5 Å². The SMILES string of the molecule is CN1C(=O)[C@H](Cc2c[nH]c3ccc(F)c([N+](=O)[O-])c23)N(C)C(=O)[C@@H]1Cc1ccccc1F. The molecule has 0 aliphatic carbocycles. The van der Waals surface area contributed by atoms with Gasteiger partial charge in [-0.05, 0) is 29.3 Å². The number of hydrogen-bond acceptors (Lipinski definition) is 4. The molecule has 0 unspecified atom stereocenters. The van der Waals surface area contributed by atoms with E-state index in [1.807, 2.05) is 0 Å². The molecule has 1 N–H and O–H groups in total. The predicted molar refractivity (Wildman–Crippen MR) is 112 cm³/mol. The topological polar surface area (TPSA) is 99.5 Å². The van der Waals surface area contributed by atoms with Crippen molar-refractivity contribution in [2.24, 2.45) is 0 Å². The van der Waals surface area contributed by atoms with Crippen LogP contribution in [0.5, 0.6) is 0 Å². The van der Waals surface area contributed by atoms with Gasteiger partial charge in [0.1, 0.15) is 17.9 Å². The van der Waals surface area contributed by atoms with Crippen LogP contribution in [0, 0.1) is 21.7 Å². The highest BCUT2D eigenvalue weighted by Gasteiger charge is 2.43. The van der Waals surface area contributed by atoms with Gasteiger partial charge in [-0.3, -0.25) is 19.7 Å². The molecule has 32 heavy (non-hydrogen) atoms. The summed E-state index contributed by atoms with van der Waals surface area (Å²) in [4.78, 5) is 42.2. The number of likely N-dealkylation sites (N-methyl/N-ethyl adjacent to an activating group) is 2. The van der Waals surface area contributed by atoms with Gasteiger partial charge in [0.05, 0.1) is 15.8 Å². The number of piperazine rings is 1. The van der Waals surface area contributed by atoms with Gasteiger partial charge in [-0.2, -0.15) is 4.39 Å². The number of nitrogens with one attached hydrogen (secondary N) is 1. The minimum Gasteiger partial charge on any atom is -0.361 e. The number of carbonyl (C=O) groups is 2. The van der Waals surface area contributed by atoms with Gasteiger partial charge in [0.25, 0.3) is 0 Å². The fourth-order valence-electron chi connectivity index (χ4n) is 4.23. The molecule has 8 nitrogen and oxygen atoms in total. The van der Waals surface area contributed by atoms with Gasteiger partial charge in [0.2, 0.25) is 17.6 Å². The molecule has 166 valence electrons. The second-order valence-corrected chi connectivity index (χ2v) is 7.82. The summed E-state index contributed by atoms with van der Waals surface area (Å²) in [6.45, 7) is 0. The van der Waals surface area contributed by atoms with Crippen LogP contribution in [0.4, 0.5) is 14.5 Å². The summed E-state index contributed by atoms with van der Waals surface area (Å²) < 4.78 is 28.2. The Balaban J connectivity index is 1.65. The zero-order valence-corrected chi connectivity index (χ0v) is 17.3. The number of nitrogens with zero attached hydrogens (tertiary/aromatic N) is 3. The summed E-state index contributed by atoms with van der Waals surface area (Å²) in [5, 5.41) is 11.5. The summed E-state index contributed by atoms with van der Waals surface area (Å²) in [7, 11) is 2.94. The maximum Gasteiger partial charge on any atom is 0.314 e. The number of hydrogen-bond donors (Lipinski definition) is 1. The molecule has 0 saturated carbocycles. The molecule has 10 heteroatoms. The Morgan fingerprint density at radius 3 is 2.12 bits per heavy atom. The number of rotatable bonds is 5. The molecule has 0 radical (unpaired) electrons. The van der Waals surface area contributed by atoms with E-state index >= 15 is 0 Å². The van der Waals surface area contributed by atoms with Crippen LogP contribution in [0.1, 0.15) is 11.1 Å². The van der Waals surface area contributed by atoms with Crippen LogP contribution >= 0.6 is 0 Å². The maximum absolute atomic E-state index is 14.1. The Labute approximate surface area is 181 Å². The van der Waals surface area contributed by atoms with Gasteiger partial charge in [0.15, 0.2) is 0 Å². The number of carbonyl (C=O) groups excluding carboxylic acids is 2. The molecule has 1 saturated heterocycles. The van der Waals surface area contributed by atoms with Gasteiger partial charge in [-0.15, -0.1) is 0 Å². The third-order valence-electron chi connectivity index (χ3n) is 6.02. The Morgan fingerprint density at radius 2 is 1.53 bits per heavy atom. The lowest BCUT2D eigenvalue weighted by molar-refractivity contribution is -0.385. The van der Waals surface area contributed by atoms with Crippen molar-refractivity contribution < 1.29 is 23.3 Å². The Kier molecular flexibility index (Phi) is 5.37. The first-order valence-corrected chi connectivity index (χ1v) is 9.90. The summed E-state index contributed by atoms with van der Waals surface area (Å²) in [5.74, 6) is -2.20. The van der Waals surface area contributed by atoms with Crippen molar-refractivity contribution in [3.63, 3.8) is 0 Å². The smallest absolute Gasteiger partial charge is 0.314 e. The van der Waals surface area contributed by atoms with E-state index in [4.69, 9.17) is 0 Å². The molecule has 4 rings (SSSR count). The van der Waals surface area contributed by atoms with Crippen LogP contribution in [0.15, 0.2) is 42.6 Å². The third kappa shape index (κ3) is 3.47. The highest BCUT2D eigenvalue weighted by Crippen LogP contribution is 2.33. The molecule has 2 aromatic carbocycles. The van der Waals surface area contributed by atoms with Gasteiger partial charge in [-0.25, -0.2) is 4.39 Å². The molecule has 2 atom stereocenters. The second kappa shape index (κ2) is 8.03. The molecule has 1 aliphatic rings. The molecular weight excluding hydrogens is 422 g/mol. The molecular formula is C22H20F2N4O4. The quantitative estimate of drug-likeness (QED) is 0.485. The van der Waals surface area contributed by atoms with Crippen LogP contribution in [-0.4, -0.2) is 57.7 Å². The Hall–Kier alpha value is -3.82. The molecule has 2 heterocycles. The van der Waals surface area contributed by atoms with Crippen molar-refractivity contribution in [2.75, 3.05) is 14.1 Å². The first-order valence-electron chi connectivity index (χ1n) is 9.90. The summed E-state index contributed by atoms with van der Waals surface area (Å²) in [6, 6.07) is 6.62. The largest absolute Gasteiger partial charge is 0.361 e. The van der Waals surface area contributed by atoms with E-state index in [1.54, 1.807) is 18.2 Å². The minimum atomic E-state index is -0.982. The molecule has 0 bridgehead atoms.